The molecule has 4 N–H and O–H groups in total. The Hall–Kier alpha value is -1.52. The fourth-order valence-corrected chi connectivity index (χ4v) is 1.34. The number of amides is 1. The lowest BCUT2D eigenvalue weighted by Crippen LogP contribution is -2.32. The molecule has 5 heteroatoms. The quantitative estimate of drug-likeness (QED) is 0.685. The monoisotopic (exact) mass is 210 g/mol. The Morgan fingerprint density at radius 1 is 1.73 bits per heavy atom. The lowest BCUT2D eigenvalue weighted by Gasteiger charge is -2.11. The Morgan fingerprint density at radius 2 is 2.47 bits per heavy atom. The zero-order valence-electron chi connectivity index (χ0n) is 9.21. The highest BCUT2D eigenvalue weighted by Gasteiger charge is 2.11. The van der Waals surface area contributed by atoms with E-state index in [9.17, 15) is 4.79 Å². The van der Waals surface area contributed by atoms with Gasteiger partial charge in [-0.1, -0.05) is 19.8 Å². The van der Waals surface area contributed by atoms with Gasteiger partial charge in [-0.15, -0.1) is 0 Å². The third-order valence-corrected chi connectivity index (χ3v) is 2.21. The number of aromatic amines is 1. The molecule has 5 nitrogen and oxygen atoms in total. The second-order valence-electron chi connectivity index (χ2n) is 3.72. The summed E-state index contributed by atoms with van der Waals surface area (Å²) in [6.07, 6.45) is 3.25. The normalized spacial score (nSPS) is 12.4. The molecule has 84 valence electrons. The molecular formula is C10H18N4O. The second kappa shape index (κ2) is 5.38. The van der Waals surface area contributed by atoms with Crippen molar-refractivity contribution in [3.05, 3.63) is 11.8 Å². The topological polar surface area (TPSA) is 83.8 Å². The highest BCUT2D eigenvalue weighted by Crippen LogP contribution is 2.03. The summed E-state index contributed by atoms with van der Waals surface area (Å²) in [5.41, 5.74) is 5.82. The zero-order chi connectivity index (χ0) is 11.3. The van der Waals surface area contributed by atoms with Crippen LogP contribution < -0.4 is 11.1 Å². The molecule has 1 rings (SSSR count). The molecule has 1 aromatic heterocycles. The van der Waals surface area contributed by atoms with E-state index in [0.29, 0.717) is 11.5 Å². The predicted octanol–water partition coefficient (Wildman–Crippen LogP) is 1.30. The Labute approximate surface area is 89.4 Å². The molecule has 0 saturated carbocycles. The van der Waals surface area contributed by atoms with E-state index in [1.807, 2.05) is 6.92 Å². The minimum atomic E-state index is -0.150. The van der Waals surface area contributed by atoms with Crippen LogP contribution >= 0.6 is 0 Å². The number of aromatic nitrogens is 2. The van der Waals surface area contributed by atoms with Crippen molar-refractivity contribution in [2.45, 2.75) is 39.2 Å². The summed E-state index contributed by atoms with van der Waals surface area (Å²) in [5, 5.41) is 9.16. The van der Waals surface area contributed by atoms with Crippen LogP contribution in [0.25, 0.3) is 0 Å². The zero-order valence-corrected chi connectivity index (χ0v) is 9.21. The third-order valence-electron chi connectivity index (χ3n) is 2.21. The summed E-state index contributed by atoms with van der Waals surface area (Å²) in [7, 11) is 0. The summed E-state index contributed by atoms with van der Waals surface area (Å²) in [6, 6.07) is 1.71. The van der Waals surface area contributed by atoms with E-state index in [0.717, 1.165) is 19.3 Å². The SMILES string of the molecule is CCCCC(C)NC(=O)c1cc(N)n[nH]1. The van der Waals surface area contributed by atoms with Crippen molar-refractivity contribution in [3.63, 3.8) is 0 Å². The smallest absolute Gasteiger partial charge is 0.269 e. The van der Waals surface area contributed by atoms with Crippen molar-refractivity contribution in [1.29, 1.82) is 0 Å². The first kappa shape index (κ1) is 11.6. The van der Waals surface area contributed by atoms with Crippen LogP contribution in [0.2, 0.25) is 0 Å². The molecule has 0 radical (unpaired) electrons. The molecule has 0 spiro atoms. The maximum absolute atomic E-state index is 11.6. The van der Waals surface area contributed by atoms with Crippen LogP contribution in [0.1, 0.15) is 43.6 Å². The number of unbranched alkanes of at least 4 members (excludes halogenated alkanes) is 1. The standard InChI is InChI=1S/C10H18N4O/c1-3-4-5-7(2)12-10(15)8-6-9(11)14-13-8/h6-7H,3-5H2,1-2H3,(H,12,15)(H3,11,13,14). The van der Waals surface area contributed by atoms with Gasteiger partial charge in [-0.05, 0) is 13.3 Å². The van der Waals surface area contributed by atoms with Crippen LogP contribution in [-0.2, 0) is 0 Å². The van der Waals surface area contributed by atoms with E-state index in [2.05, 4.69) is 22.4 Å². The number of nitrogen functional groups attached to an aromatic ring is 1. The average Bonchev–Trinajstić information content (AvgIpc) is 2.61. The molecule has 0 aliphatic heterocycles. The molecule has 0 aromatic carbocycles. The molecule has 0 aliphatic rings. The van der Waals surface area contributed by atoms with Crippen molar-refractivity contribution < 1.29 is 4.79 Å². The Morgan fingerprint density at radius 3 is 3.00 bits per heavy atom. The van der Waals surface area contributed by atoms with Crippen LogP contribution in [0.15, 0.2) is 6.07 Å². The van der Waals surface area contributed by atoms with Gasteiger partial charge in [0.15, 0.2) is 0 Å². The van der Waals surface area contributed by atoms with Crippen LogP contribution in [0, 0.1) is 0 Å². The summed E-state index contributed by atoms with van der Waals surface area (Å²) in [5.74, 6) is 0.184. The Kier molecular flexibility index (Phi) is 4.15. The third kappa shape index (κ3) is 3.61. The first-order valence-electron chi connectivity index (χ1n) is 5.25. The molecule has 1 amide bonds. The van der Waals surface area contributed by atoms with Gasteiger partial charge in [0, 0.05) is 12.1 Å². The summed E-state index contributed by atoms with van der Waals surface area (Å²) < 4.78 is 0. The van der Waals surface area contributed by atoms with Gasteiger partial charge in [0.2, 0.25) is 0 Å². The van der Waals surface area contributed by atoms with E-state index >= 15 is 0 Å². The highest BCUT2D eigenvalue weighted by molar-refractivity contribution is 5.93. The number of hydrogen-bond acceptors (Lipinski definition) is 3. The van der Waals surface area contributed by atoms with Crippen LogP contribution in [0.4, 0.5) is 5.82 Å². The number of carbonyl (C=O) groups excluding carboxylic acids is 1. The minimum Gasteiger partial charge on any atom is -0.382 e. The molecule has 15 heavy (non-hydrogen) atoms. The van der Waals surface area contributed by atoms with Gasteiger partial charge in [-0.25, -0.2) is 0 Å². The van der Waals surface area contributed by atoms with E-state index < -0.39 is 0 Å². The number of nitrogens with zero attached hydrogens (tertiary/aromatic N) is 1. The first-order chi connectivity index (χ1) is 7.13. The molecule has 1 heterocycles. The maximum atomic E-state index is 11.6. The molecule has 0 saturated heterocycles. The fourth-order valence-electron chi connectivity index (χ4n) is 1.34. The van der Waals surface area contributed by atoms with Gasteiger partial charge in [-0.3, -0.25) is 9.89 Å². The van der Waals surface area contributed by atoms with Crippen molar-refractivity contribution >= 4 is 11.7 Å². The lowest BCUT2D eigenvalue weighted by atomic mass is 10.1. The van der Waals surface area contributed by atoms with Crippen molar-refractivity contribution in [1.82, 2.24) is 15.5 Å². The summed E-state index contributed by atoms with van der Waals surface area (Å²) in [4.78, 5) is 11.6. The second-order valence-corrected chi connectivity index (χ2v) is 3.72. The van der Waals surface area contributed by atoms with Crippen molar-refractivity contribution in [2.24, 2.45) is 0 Å². The van der Waals surface area contributed by atoms with Crippen molar-refractivity contribution in [3.8, 4) is 0 Å². The Balaban J connectivity index is 2.42. The molecule has 1 unspecified atom stereocenters. The molecular weight excluding hydrogens is 192 g/mol. The minimum absolute atomic E-state index is 0.150. The van der Waals surface area contributed by atoms with Gasteiger partial charge in [0.25, 0.3) is 5.91 Å². The Bertz CT molecular complexity index is 321. The van der Waals surface area contributed by atoms with Crippen LogP contribution in [0.5, 0.6) is 0 Å². The number of nitrogens with one attached hydrogen (secondary N) is 2. The number of hydrogen-bond donors (Lipinski definition) is 3. The van der Waals surface area contributed by atoms with Crippen LogP contribution in [-0.4, -0.2) is 22.1 Å². The maximum Gasteiger partial charge on any atom is 0.269 e. The van der Waals surface area contributed by atoms with Gasteiger partial charge >= 0.3 is 0 Å². The number of nitrogens with two attached hydrogens (primary N) is 1. The predicted molar refractivity (Wildman–Crippen MR) is 59.5 cm³/mol. The van der Waals surface area contributed by atoms with Gasteiger partial charge in [0.05, 0.1) is 0 Å². The van der Waals surface area contributed by atoms with Crippen molar-refractivity contribution in [2.75, 3.05) is 5.73 Å². The van der Waals surface area contributed by atoms with E-state index in [-0.39, 0.29) is 11.9 Å². The molecule has 0 fully saturated rings. The first-order valence-corrected chi connectivity index (χ1v) is 5.25. The molecule has 0 bridgehead atoms. The average molecular weight is 210 g/mol. The van der Waals surface area contributed by atoms with Gasteiger partial charge in [-0.2, -0.15) is 5.10 Å². The molecule has 1 atom stereocenters. The summed E-state index contributed by atoms with van der Waals surface area (Å²) in [6.45, 7) is 4.12. The van der Waals surface area contributed by atoms with Gasteiger partial charge in [0.1, 0.15) is 11.5 Å². The lowest BCUT2D eigenvalue weighted by molar-refractivity contribution is 0.0933. The molecule has 1 aromatic rings. The molecule has 0 aliphatic carbocycles. The fraction of sp³-hybridized carbons (Fsp3) is 0.600. The van der Waals surface area contributed by atoms with Crippen LogP contribution in [0.3, 0.4) is 0 Å². The van der Waals surface area contributed by atoms with E-state index in [4.69, 9.17) is 5.73 Å². The largest absolute Gasteiger partial charge is 0.382 e. The van der Waals surface area contributed by atoms with E-state index in [1.54, 1.807) is 0 Å². The number of carbonyl (C=O) groups is 1. The van der Waals surface area contributed by atoms with Gasteiger partial charge < -0.3 is 11.1 Å². The number of anilines is 1. The highest BCUT2D eigenvalue weighted by atomic mass is 16.2. The number of rotatable bonds is 5. The van der Waals surface area contributed by atoms with E-state index in [1.165, 1.54) is 6.07 Å². The number of H-pyrrole nitrogens is 1. The summed E-state index contributed by atoms with van der Waals surface area (Å²) >= 11 is 0.